The van der Waals surface area contributed by atoms with Crippen molar-refractivity contribution in [3.05, 3.63) is 184 Å². The Labute approximate surface area is 399 Å². The van der Waals surface area contributed by atoms with Gasteiger partial charge in [-0.1, -0.05) is 184 Å². The summed E-state index contributed by atoms with van der Waals surface area (Å²) in [5, 5.41) is 11.0. The molecule has 4 nitrogen and oxygen atoms in total. The molecular weight excluding hydrogens is 829 g/mol. The fourth-order valence-corrected chi connectivity index (χ4v) is 11.4. The summed E-state index contributed by atoms with van der Waals surface area (Å²) in [6.07, 6.45) is 8.37. The molecule has 0 radical (unpaired) electrons. The first-order valence-electron chi connectivity index (χ1n) is 24.6. The third-order valence-corrected chi connectivity index (χ3v) is 14.7. The van der Waals surface area contributed by atoms with Gasteiger partial charge in [0.25, 0.3) is 0 Å². The van der Waals surface area contributed by atoms with Crippen molar-refractivity contribution in [1.29, 1.82) is 0 Å². The first-order valence-corrected chi connectivity index (χ1v) is 24.6. The summed E-state index contributed by atoms with van der Waals surface area (Å²) < 4.78 is 14.5. The van der Waals surface area contributed by atoms with Crippen molar-refractivity contribution >= 4 is 94.5 Å². The van der Waals surface area contributed by atoms with E-state index in [1.165, 1.54) is 70.6 Å². The molecule has 2 aliphatic rings. The molecule has 0 amide bonds. The largest absolute Gasteiger partial charge is 0.454 e. The van der Waals surface area contributed by atoms with E-state index < -0.39 is 0 Å². The molecule has 0 spiro atoms. The summed E-state index contributed by atoms with van der Waals surface area (Å²) in [7, 11) is 0. The normalized spacial score (nSPS) is 14.5. The molecule has 0 saturated carbocycles. The maximum atomic E-state index is 7.26. The van der Waals surface area contributed by atoms with E-state index in [1.54, 1.807) is 0 Å². The van der Waals surface area contributed by atoms with Gasteiger partial charge in [0, 0.05) is 60.2 Å². The van der Waals surface area contributed by atoms with Crippen molar-refractivity contribution in [2.75, 3.05) is 9.80 Å². The van der Waals surface area contributed by atoms with Gasteiger partial charge in [-0.3, -0.25) is 0 Å². The van der Waals surface area contributed by atoms with Crippen LogP contribution >= 0.6 is 0 Å². The Balaban J connectivity index is 1.22. The van der Waals surface area contributed by atoms with Crippen LogP contribution in [0.3, 0.4) is 0 Å². The highest BCUT2D eigenvalue weighted by Gasteiger charge is 2.33. The van der Waals surface area contributed by atoms with E-state index in [1.807, 2.05) is 0 Å². The summed E-state index contributed by atoms with van der Waals surface area (Å²) in [6, 6.07) is 52.1. The lowest BCUT2D eigenvalue weighted by Gasteiger charge is -2.34. The minimum absolute atomic E-state index is 0.00855. The third kappa shape index (κ3) is 6.62. The van der Waals surface area contributed by atoms with Gasteiger partial charge in [-0.25, -0.2) is 0 Å². The van der Waals surface area contributed by atoms with Crippen LogP contribution in [0.5, 0.6) is 0 Å². The molecule has 4 heteroatoms. The van der Waals surface area contributed by atoms with Crippen molar-refractivity contribution in [1.82, 2.24) is 0 Å². The highest BCUT2D eigenvalue weighted by atomic mass is 16.3. The minimum atomic E-state index is -0.0875. The second-order valence-electron chi connectivity index (χ2n) is 22.3. The number of para-hydroxylation sites is 4. The lowest BCUT2D eigenvalue weighted by molar-refractivity contribution is 0.535. The van der Waals surface area contributed by atoms with Crippen molar-refractivity contribution in [2.45, 2.75) is 104 Å². The zero-order chi connectivity index (χ0) is 46.9. The molecule has 2 heterocycles. The maximum absolute atomic E-state index is 7.26. The Morgan fingerprint density at radius 1 is 0.456 bits per heavy atom. The topological polar surface area (TPSA) is 32.8 Å². The molecule has 8 aromatic carbocycles. The fraction of sp³-hybridized carbons (Fsp3) is 0.250. The van der Waals surface area contributed by atoms with Gasteiger partial charge in [-0.2, -0.15) is 0 Å². The quantitative estimate of drug-likeness (QED) is 0.156. The standard InChI is InChI=1S/C64H60N2O2/c1-62(2,3)41-36-39-32-34-48-54(65(42-20-12-10-13-21-42)52-30-18-26-46-44-24-16-28-50(63(4,5)6)58(44)67-60(46)52)38-55(49-35-33-40(37-41)56(39)57(48)49)66(43-22-14-11-15-23-43)53-31-19-27-47-45-25-17-29-51(64(7,8)9)59(45)68-61(47)53/h10-17,20-26,28-29,31-38H,18-19,27,30H2,1-9H3. The van der Waals surface area contributed by atoms with E-state index in [0.29, 0.717) is 0 Å². The van der Waals surface area contributed by atoms with Gasteiger partial charge in [-0.05, 0) is 94.0 Å². The molecule has 0 bridgehead atoms. The number of allylic oxidation sites excluding steroid dienone is 1. The Morgan fingerprint density at radius 3 is 1.62 bits per heavy atom. The molecule has 338 valence electrons. The summed E-state index contributed by atoms with van der Waals surface area (Å²) >= 11 is 0. The van der Waals surface area contributed by atoms with Gasteiger partial charge in [0.1, 0.15) is 11.2 Å². The maximum Gasteiger partial charge on any atom is 0.155 e. The molecule has 0 unspecified atom stereocenters. The monoisotopic (exact) mass is 888 g/mol. The summed E-state index contributed by atoms with van der Waals surface area (Å²) in [6.45, 7) is 20.6. The number of furan rings is 2. The number of hydrogen-bond donors (Lipinski definition) is 0. The van der Waals surface area contributed by atoms with Crippen LogP contribution in [-0.2, 0) is 22.7 Å². The number of aryl methyl sites for hydroxylation is 1. The van der Waals surface area contributed by atoms with Crippen LogP contribution in [0.2, 0.25) is 0 Å². The number of rotatable bonds is 6. The van der Waals surface area contributed by atoms with E-state index in [2.05, 4.69) is 224 Å². The third-order valence-electron chi connectivity index (χ3n) is 14.7. The number of hydrogen-bond acceptors (Lipinski definition) is 4. The zero-order valence-corrected chi connectivity index (χ0v) is 41.0. The first-order chi connectivity index (χ1) is 32.6. The van der Waals surface area contributed by atoms with Crippen molar-refractivity contribution < 1.29 is 8.83 Å². The van der Waals surface area contributed by atoms with E-state index in [0.717, 1.165) is 82.2 Å². The lowest BCUT2D eigenvalue weighted by Crippen LogP contribution is -2.33. The van der Waals surface area contributed by atoms with Crippen LogP contribution < -0.4 is 20.4 Å². The number of nitrogens with zero attached hydrogens (tertiary/aromatic N) is 2. The molecule has 0 N–H and O–H groups in total. The summed E-state index contributed by atoms with van der Waals surface area (Å²) in [4.78, 5) is 5.03. The number of benzene rings is 8. The van der Waals surface area contributed by atoms with E-state index in [9.17, 15) is 0 Å². The van der Waals surface area contributed by atoms with Crippen LogP contribution in [0, 0.1) is 0 Å². The molecule has 0 atom stereocenters. The van der Waals surface area contributed by atoms with Crippen LogP contribution in [-0.4, -0.2) is 0 Å². The Kier molecular flexibility index (Phi) is 9.48. The molecular formula is C64H60N2O2. The molecule has 2 aromatic heterocycles. The smallest absolute Gasteiger partial charge is 0.155 e. The van der Waals surface area contributed by atoms with Crippen molar-refractivity contribution in [3.8, 4) is 0 Å². The Hall–Kier alpha value is -7.04. The molecule has 0 aliphatic heterocycles. The molecule has 12 rings (SSSR count). The van der Waals surface area contributed by atoms with Crippen molar-refractivity contribution in [2.24, 2.45) is 0 Å². The predicted octanol–water partition coefficient (Wildman–Crippen LogP) is 16.6. The molecule has 2 aliphatic carbocycles. The van der Waals surface area contributed by atoms with Gasteiger partial charge in [-0.15, -0.1) is 0 Å². The van der Waals surface area contributed by atoms with Gasteiger partial charge >= 0.3 is 0 Å². The SMILES string of the molecule is CC(C)(C)c1cc2ccc3c(N(C4=CCCc5c4oc4c(C(C)(C)C)cccc54)c4ccccc4)cc(N(C4=c5oc6c(C(C)(C)C)cccc6c5=CCC4)c4ccccc4)c4ccc(c1)c2c34. The number of anilines is 4. The Morgan fingerprint density at radius 2 is 1.01 bits per heavy atom. The van der Waals surface area contributed by atoms with Crippen molar-refractivity contribution in [3.63, 3.8) is 0 Å². The van der Waals surface area contributed by atoms with E-state index in [-0.39, 0.29) is 16.2 Å². The molecule has 10 aromatic rings. The average molecular weight is 889 g/mol. The van der Waals surface area contributed by atoms with Gasteiger partial charge in [0.05, 0.1) is 22.8 Å². The molecule has 0 fully saturated rings. The van der Waals surface area contributed by atoms with Crippen LogP contribution in [0.4, 0.5) is 22.7 Å². The van der Waals surface area contributed by atoms with E-state index in [4.69, 9.17) is 8.83 Å². The second kappa shape index (κ2) is 15.2. The van der Waals surface area contributed by atoms with Crippen LogP contribution in [0.25, 0.3) is 71.7 Å². The average Bonchev–Trinajstić information content (AvgIpc) is 3.91. The highest BCUT2D eigenvalue weighted by Crippen LogP contribution is 2.52. The predicted molar refractivity (Wildman–Crippen MR) is 288 cm³/mol. The summed E-state index contributed by atoms with van der Waals surface area (Å²) in [5.74, 6) is 0.951. The highest BCUT2D eigenvalue weighted by molar-refractivity contribution is 6.29. The second-order valence-corrected chi connectivity index (χ2v) is 22.3. The fourth-order valence-electron chi connectivity index (χ4n) is 11.4. The lowest BCUT2D eigenvalue weighted by atomic mass is 9.83. The minimum Gasteiger partial charge on any atom is -0.454 e. The molecule has 68 heavy (non-hydrogen) atoms. The van der Waals surface area contributed by atoms with E-state index >= 15 is 0 Å². The van der Waals surface area contributed by atoms with Crippen LogP contribution in [0.1, 0.15) is 110 Å². The Bertz CT molecular complexity index is 3770. The summed E-state index contributed by atoms with van der Waals surface area (Å²) in [5.41, 5.74) is 14.5. The van der Waals surface area contributed by atoms with Gasteiger partial charge in [0.15, 0.2) is 11.2 Å². The molecule has 0 saturated heterocycles. The van der Waals surface area contributed by atoms with Gasteiger partial charge in [0.2, 0.25) is 0 Å². The first kappa shape index (κ1) is 42.3. The zero-order valence-electron chi connectivity index (χ0n) is 41.0. The van der Waals surface area contributed by atoms with Gasteiger partial charge < -0.3 is 18.6 Å². The van der Waals surface area contributed by atoms with Crippen LogP contribution in [0.15, 0.2) is 154 Å². The number of fused-ring (bicyclic) bond motifs is 6.